The van der Waals surface area contributed by atoms with E-state index >= 15 is 0 Å². The highest BCUT2D eigenvalue weighted by Crippen LogP contribution is 2.49. The second-order valence-corrected chi connectivity index (χ2v) is 10.3. The minimum Gasteiger partial charge on any atom is -0.478 e. The monoisotopic (exact) mass is 538 g/mol. The van der Waals surface area contributed by atoms with Gasteiger partial charge in [0.2, 0.25) is 5.91 Å². The lowest BCUT2D eigenvalue weighted by Crippen LogP contribution is -2.48. The molecule has 2 aliphatic heterocycles. The van der Waals surface area contributed by atoms with E-state index in [9.17, 15) is 14.7 Å². The minimum atomic E-state index is -0.936. The van der Waals surface area contributed by atoms with Crippen molar-refractivity contribution in [2.75, 3.05) is 37.7 Å². The van der Waals surface area contributed by atoms with Crippen LogP contribution in [0, 0.1) is 11.8 Å². The van der Waals surface area contributed by atoms with Gasteiger partial charge in [-0.3, -0.25) is 4.79 Å². The molecule has 1 aromatic rings. The number of fused-ring (bicyclic) bond motifs is 1. The predicted molar refractivity (Wildman–Crippen MR) is 162 cm³/mol. The number of carbonyl (C=O) groups excluding carboxylic acids is 1. The Morgan fingerprint density at radius 2 is 1.90 bits per heavy atom. The number of ether oxygens (including phenoxy) is 1. The lowest BCUT2D eigenvalue weighted by atomic mass is 9.78. The number of rotatable bonds is 13. The first kappa shape index (κ1) is 32.4. The first-order chi connectivity index (χ1) is 18.9. The summed E-state index contributed by atoms with van der Waals surface area (Å²) in [6.07, 6.45) is 10.5. The van der Waals surface area contributed by atoms with Gasteiger partial charge < -0.3 is 19.6 Å². The summed E-state index contributed by atoms with van der Waals surface area (Å²) in [6, 6.07) is 5.67. The second kappa shape index (κ2) is 16.3. The van der Waals surface area contributed by atoms with E-state index in [2.05, 4.69) is 31.9 Å². The Morgan fingerprint density at radius 1 is 1.21 bits per heavy atom. The molecule has 0 spiro atoms. The van der Waals surface area contributed by atoms with Crippen molar-refractivity contribution < 1.29 is 19.4 Å². The van der Waals surface area contributed by atoms with E-state index in [-0.39, 0.29) is 29.3 Å². The van der Waals surface area contributed by atoms with Gasteiger partial charge in [-0.1, -0.05) is 83.4 Å². The Morgan fingerprint density at radius 3 is 2.46 bits per heavy atom. The molecule has 6 nitrogen and oxygen atoms in total. The first-order valence-electron chi connectivity index (χ1n) is 14.8. The van der Waals surface area contributed by atoms with Gasteiger partial charge >= 0.3 is 5.97 Å². The molecule has 1 saturated heterocycles. The number of hydrogen-bond acceptors (Lipinski definition) is 4. The predicted octanol–water partition coefficient (Wildman–Crippen LogP) is 7.08. The molecule has 39 heavy (non-hydrogen) atoms. The Kier molecular flexibility index (Phi) is 13.5. The van der Waals surface area contributed by atoms with Crippen LogP contribution in [0.15, 0.2) is 55.2 Å². The lowest BCUT2D eigenvalue weighted by molar-refractivity contribution is -0.139. The van der Waals surface area contributed by atoms with Crippen LogP contribution in [0.4, 0.5) is 5.69 Å². The third-order valence-corrected chi connectivity index (χ3v) is 7.86. The Labute approximate surface area is 236 Å². The highest BCUT2D eigenvalue weighted by molar-refractivity contribution is 5.90. The van der Waals surface area contributed by atoms with E-state index in [1.165, 1.54) is 5.56 Å². The Bertz CT molecular complexity index is 995. The van der Waals surface area contributed by atoms with E-state index in [1.54, 1.807) is 6.07 Å². The summed E-state index contributed by atoms with van der Waals surface area (Å²) < 4.78 is 5.49. The van der Waals surface area contributed by atoms with Gasteiger partial charge in [0.05, 0.1) is 24.7 Å². The van der Waals surface area contributed by atoms with Crippen LogP contribution in [0.2, 0.25) is 0 Å². The molecule has 0 bridgehead atoms. The number of morpholine rings is 1. The van der Waals surface area contributed by atoms with Crippen LogP contribution in [0.3, 0.4) is 0 Å². The Balaban J connectivity index is 0.00000260. The van der Waals surface area contributed by atoms with Gasteiger partial charge in [-0.15, -0.1) is 6.58 Å². The van der Waals surface area contributed by atoms with E-state index in [0.717, 1.165) is 36.9 Å². The largest absolute Gasteiger partial charge is 0.478 e. The van der Waals surface area contributed by atoms with Crippen molar-refractivity contribution in [2.45, 2.75) is 78.7 Å². The number of carboxylic acid groups (broad SMARTS) is 1. The van der Waals surface area contributed by atoms with E-state index in [4.69, 9.17) is 4.74 Å². The van der Waals surface area contributed by atoms with Crippen LogP contribution in [0.5, 0.6) is 0 Å². The van der Waals surface area contributed by atoms with Crippen LogP contribution in [0.25, 0.3) is 0 Å². The molecular weight excluding hydrogens is 488 g/mol. The van der Waals surface area contributed by atoms with Gasteiger partial charge in [-0.05, 0) is 43.4 Å². The molecule has 0 saturated carbocycles. The van der Waals surface area contributed by atoms with E-state index < -0.39 is 5.97 Å². The van der Waals surface area contributed by atoms with E-state index in [0.29, 0.717) is 45.2 Å². The van der Waals surface area contributed by atoms with Crippen LogP contribution < -0.4 is 4.90 Å². The third kappa shape index (κ3) is 8.07. The van der Waals surface area contributed by atoms with Gasteiger partial charge in [0.15, 0.2) is 0 Å². The molecule has 0 aromatic heterocycles. The number of allylic oxidation sites excluding steroid dienone is 3. The van der Waals surface area contributed by atoms with Crippen LogP contribution in [-0.2, 0) is 9.53 Å². The molecule has 1 N–H and O–H groups in total. The summed E-state index contributed by atoms with van der Waals surface area (Å²) in [4.78, 5) is 30.0. The maximum absolute atomic E-state index is 13.8. The molecule has 2 aliphatic rings. The maximum atomic E-state index is 13.8. The summed E-state index contributed by atoms with van der Waals surface area (Å²) >= 11 is 0. The van der Waals surface area contributed by atoms with Gasteiger partial charge in [0, 0.05) is 37.3 Å². The summed E-state index contributed by atoms with van der Waals surface area (Å²) in [7, 11) is 0. The van der Waals surface area contributed by atoms with Crippen molar-refractivity contribution in [2.24, 2.45) is 11.8 Å². The minimum absolute atomic E-state index is 0.117. The van der Waals surface area contributed by atoms with Gasteiger partial charge in [-0.25, -0.2) is 4.79 Å². The molecule has 216 valence electrons. The third-order valence-electron chi connectivity index (χ3n) is 7.86. The zero-order chi connectivity index (χ0) is 28.9. The van der Waals surface area contributed by atoms with Crippen molar-refractivity contribution in [3.05, 3.63) is 66.3 Å². The number of anilines is 1. The molecule has 2 heterocycles. The fourth-order valence-electron chi connectivity index (χ4n) is 6.17. The van der Waals surface area contributed by atoms with Crippen molar-refractivity contribution in [3.63, 3.8) is 0 Å². The Hall–Kier alpha value is -2.86. The van der Waals surface area contributed by atoms with Gasteiger partial charge in [0.25, 0.3) is 0 Å². The van der Waals surface area contributed by atoms with Crippen LogP contribution in [-0.4, -0.2) is 60.8 Å². The SMILES string of the molecule is C=CCC1C(C(CC)CCC)c2ccc(C(=O)O)cc2N1CC(CC(=C)/C=C\C)C(=O)N1CCOCC1.CC. The number of hydrogen-bond donors (Lipinski definition) is 1. The molecule has 1 amide bonds. The molecule has 1 aromatic carbocycles. The van der Waals surface area contributed by atoms with Crippen LogP contribution >= 0.6 is 0 Å². The fourth-order valence-corrected chi connectivity index (χ4v) is 6.17. The number of carboxylic acids is 1. The number of benzene rings is 1. The highest BCUT2D eigenvalue weighted by atomic mass is 16.5. The van der Waals surface area contributed by atoms with Crippen molar-refractivity contribution >= 4 is 17.6 Å². The summed E-state index contributed by atoms with van der Waals surface area (Å²) in [5, 5.41) is 9.77. The molecular formula is C33H50N2O4. The van der Waals surface area contributed by atoms with Crippen LogP contribution in [0.1, 0.15) is 88.6 Å². The summed E-state index contributed by atoms with van der Waals surface area (Å²) in [6.45, 7) is 21.5. The van der Waals surface area contributed by atoms with Crippen molar-refractivity contribution in [3.8, 4) is 0 Å². The fraction of sp³-hybridized carbons (Fsp3) is 0.576. The molecule has 3 rings (SSSR count). The van der Waals surface area contributed by atoms with Crippen molar-refractivity contribution in [1.82, 2.24) is 4.90 Å². The molecule has 1 fully saturated rings. The zero-order valence-corrected chi connectivity index (χ0v) is 24.8. The average molecular weight is 539 g/mol. The number of nitrogens with zero attached hydrogens (tertiary/aromatic N) is 2. The van der Waals surface area contributed by atoms with E-state index in [1.807, 2.05) is 56.0 Å². The zero-order valence-electron chi connectivity index (χ0n) is 24.8. The first-order valence-corrected chi connectivity index (χ1v) is 14.8. The highest BCUT2D eigenvalue weighted by Gasteiger charge is 2.43. The number of aromatic carboxylic acids is 1. The number of carbonyl (C=O) groups is 2. The molecule has 0 radical (unpaired) electrons. The lowest BCUT2D eigenvalue weighted by Gasteiger charge is -2.37. The maximum Gasteiger partial charge on any atom is 0.335 e. The quantitative estimate of drug-likeness (QED) is 0.215. The van der Waals surface area contributed by atoms with Crippen molar-refractivity contribution in [1.29, 1.82) is 0 Å². The van der Waals surface area contributed by atoms with Gasteiger partial charge in [-0.2, -0.15) is 0 Å². The topological polar surface area (TPSA) is 70.1 Å². The molecule has 4 unspecified atom stereocenters. The molecule has 6 heteroatoms. The average Bonchev–Trinajstić information content (AvgIpc) is 3.24. The molecule has 0 aliphatic carbocycles. The van der Waals surface area contributed by atoms with Gasteiger partial charge in [0.1, 0.15) is 0 Å². The summed E-state index contributed by atoms with van der Waals surface area (Å²) in [5.41, 5.74) is 3.34. The molecule has 4 atom stereocenters. The second-order valence-electron chi connectivity index (χ2n) is 10.3. The standard InChI is InChI=1S/C31H44N2O4.C2H6/c1-6-10-22(5)19-25(30(34)32-15-17-37-18-16-32)21-33-27(12-8-3)29(23(9-4)11-7-2)26-14-13-24(31(35)36)20-28(26)33;1-2/h6,8,10,13-14,20,23,25,27,29H,3,5,7,9,11-12,15-19,21H2,1-2,4H3,(H,35,36);1-2H3/b10-6-;. The number of amides is 1. The summed E-state index contributed by atoms with van der Waals surface area (Å²) in [5.74, 6) is -0.374. The normalized spacial score (nSPS) is 20.1. The smallest absolute Gasteiger partial charge is 0.335 e.